The minimum atomic E-state index is 0.393. The summed E-state index contributed by atoms with van der Waals surface area (Å²) in [6, 6.07) is 5.86. The van der Waals surface area contributed by atoms with Crippen molar-refractivity contribution in [1.29, 1.82) is 0 Å². The van der Waals surface area contributed by atoms with Gasteiger partial charge in [-0.05, 0) is 51.9 Å². The highest BCUT2D eigenvalue weighted by molar-refractivity contribution is 5.13. The van der Waals surface area contributed by atoms with E-state index in [9.17, 15) is 0 Å². The molecule has 1 aromatic rings. The number of aromatic nitrogens is 1. The molecule has 0 aromatic carbocycles. The lowest BCUT2D eigenvalue weighted by Crippen LogP contribution is -2.46. The number of nitrogens with zero attached hydrogens (tertiary/aromatic N) is 2. The number of rotatable bonds is 3. The van der Waals surface area contributed by atoms with Gasteiger partial charge in [-0.15, -0.1) is 0 Å². The normalized spacial score (nSPS) is 27.9. The van der Waals surface area contributed by atoms with Crippen LogP contribution in [0.15, 0.2) is 24.5 Å². The van der Waals surface area contributed by atoms with Crippen LogP contribution in [0.2, 0.25) is 0 Å². The van der Waals surface area contributed by atoms with Gasteiger partial charge in [0.15, 0.2) is 0 Å². The van der Waals surface area contributed by atoms with Gasteiger partial charge in [-0.3, -0.25) is 4.98 Å². The van der Waals surface area contributed by atoms with Gasteiger partial charge in [-0.1, -0.05) is 6.07 Å². The van der Waals surface area contributed by atoms with Gasteiger partial charge in [-0.2, -0.15) is 0 Å². The molecule has 0 amide bonds. The van der Waals surface area contributed by atoms with E-state index in [-0.39, 0.29) is 0 Å². The van der Waals surface area contributed by atoms with Gasteiger partial charge < -0.3 is 10.2 Å². The summed E-state index contributed by atoms with van der Waals surface area (Å²) in [5, 5.41) is 3.72. The predicted octanol–water partition coefficient (Wildman–Crippen LogP) is 2.21. The second kappa shape index (κ2) is 5.61. The Morgan fingerprint density at radius 3 is 3.00 bits per heavy atom. The molecule has 1 aliphatic heterocycles. The highest BCUT2D eigenvalue weighted by Crippen LogP contribution is 2.19. The molecule has 2 heterocycles. The van der Waals surface area contributed by atoms with Crippen LogP contribution in [0.3, 0.4) is 0 Å². The van der Waals surface area contributed by atoms with Crippen molar-refractivity contribution in [2.24, 2.45) is 0 Å². The molecule has 0 spiro atoms. The molecule has 1 N–H and O–H groups in total. The summed E-state index contributed by atoms with van der Waals surface area (Å²) in [7, 11) is 2.21. The van der Waals surface area contributed by atoms with Crippen LogP contribution in [-0.2, 0) is 0 Å². The van der Waals surface area contributed by atoms with Gasteiger partial charge >= 0.3 is 0 Å². The molecular weight excluding hydrogens is 210 g/mol. The highest BCUT2D eigenvalue weighted by atomic mass is 15.1. The lowest BCUT2D eigenvalue weighted by molar-refractivity contribution is 0.163. The number of pyridine rings is 1. The Kier molecular flexibility index (Phi) is 4.13. The molecule has 1 aromatic heterocycles. The fraction of sp³-hybridized carbons (Fsp3) is 0.643. The van der Waals surface area contributed by atoms with Crippen molar-refractivity contribution < 1.29 is 0 Å². The molecule has 2 rings (SSSR count). The van der Waals surface area contributed by atoms with E-state index in [4.69, 9.17) is 0 Å². The van der Waals surface area contributed by atoms with E-state index in [1.165, 1.54) is 24.9 Å². The third-order valence-electron chi connectivity index (χ3n) is 3.88. The minimum Gasteiger partial charge on any atom is -0.307 e. The molecule has 94 valence electrons. The quantitative estimate of drug-likeness (QED) is 0.867. The Labute approximate surface area is 104 Å². The molecule has 3 nitrogen and oxygen atoms in total. The fourth-order valence-electron chi connectivity index (χ4n) is 2.52. The van der Waals surface area contributed by atoms with Crippen LogP contribution < -0.4 is 5.32 Å². The standard InChI is InChI=1S/C14H23N3/c1-11-9-14(6-8-17(11)3)16-12(2)13-5-4-7-15-10-13/h4-5,7,10-12,14,16H,6,8-9H2,1-3H3/t11?,12-,14?/m0/s1. The topological polar surface area (TPSA) is 28.2 Å². The van der Waals surface area contributed by atoms with E-state index in [0.717, 1.165) is 0 Å². The molecule has 1 saturated heterocycles. The van der Waals surface area contributed by atoms with Gasteiger partial charge in [0.2, 0.25) is 0 Å². The number of nitrogens with one attached hydrogen (secondary N) is 1. The molecule has 1 fully saturated rings. The van der Waals surface area contributed by atoms with Crippen LogP contribution >= 0.6 is 0 Å². The van der Waals surface area contributed by atoms with E-state index in [2.05, 4.69) is 42.2 Å². The van der Waals surface area contributed by atoms with Crippen molar-refractivity contribution in [1.82, 2.24) is 15.2 Å². The summed E-state index contributed by atoms with van der Waals surface area (Å²) in [5.41, 5.74) is 1.28. The van der Waals surface area contributed by atoms with Crippen molar-refractivity contribution in [3.05, 3.63) is 30.1 Å². The zero-order valence-corrected chi connectivity index (χ0v) is 11.1. The lowest BCUT2D eigenvalue weighted by atomic mass is 9.97. The van der Waals surface area contributed by atoms with Crippen LogP contribution in [0.1, 0.15) is 38.3 Å². The summed E-state index contributed by atoms with van der Waals surface area (Å²) < 4.78 is 0. The Morgan fingerprint density at radius 1 is 1.53 bits per heavy atom. The molecule has 17 heavy (non-hydrogen) atoms. The molecular formula is C14H23N3. The largest absolute Gasteiger partial charge is 0.307 e. The van der Waals surface area contributed by atoms with Crippen LogP contribution in [0.5, 0.6) is 0 Å². The van der Waals surface area contributed by atoms with Crippen LogP contribution in [-0.4, -0.2) is 35.6 Å². The molecule has 0 radical (unpaired) electrons. The van der Waals surface area contributed by atoms with Crippen molar-refractivity contribution in [2.45, 2.75) is 44.8 Å². The SMILES string of the molecule is CC1CC(N[C@@H](C)c2cccnc2)CCN1C. The maximum atomic E-state index is 4.18. The van der Waals surface area contributed by atoms with E-state index in [0.29, 0.717) is 18.1 Å². The number of hydrogen-bond acceptors (Lipinski definition) is 3. The summed E-state index contributed by atoms with van der Waals surface area (Å²) in [6.07, 6.45) is 6.26. The van der Waals surface area contributed by atoms with Crippen LogP contribution in [0.25, 0.3) is 0 Å². The zero-order valence-electron chi connectivity index (χ0n) is 11.1. The molecule has 3 atom stereocenters. The number of likely N-dealkylation sites (tertiary alicyclic amines) is 1. The summed E-state index contributed by atoms with van der Waals surface area (Å²) >= 11 is 0. The summed E-state index contributed by atoms with van der Waals surface area (Å²) in [4.78, 5) is 6.62. The first-order valence-electron chi connectivity index (χ1n) is 6.53. The highest BCUT2D eigenvalue weighted by Gasteiger charge is 2.23. The van der Waals surface area contributed by atoms with E-state index in [1.54, 1.807) is 0 Å². The molecule has 1 aliphatic rings. The fourth-order valence-corrected chi connectivity index (χ4v) is 2.52. The molecule has 0 saturated carbocycles. The number of piperidine rings is 1. The predicted molar refractivity (Wildman–Crippen MR) is 70.9 cm³/mol. The molecule has 2 unspecified atom stereocenters. The lowest BCUT2D eigenvalue weighted by Gasteiger charge is -2.36. The Balaban J connectivity index is 1.89. The third-order valence-corrected chi connectivity index (χ3v) is 3.88. The first-order chi connectivity index (χ1) is 8.16. The second-order valence-electron chi connectivity index (χ2n) is 5.23. The van der Waals surface area contributed by atoms with Gasteiger partial charge in [0.05, 0.1) is 0 Å². The summed E-state index contributed by atoms with van der Waals surface area (Å²) in [6.45, 7) is 5.72. The number of hydrogen-bond donors (Lipinski definition) is 1. The average molecular weight is 233 g/mol. The maximum Gasteiger partial charge on any atom is 0.0315 e. The van der Waals surface area contributed by atoms with E-state index >= 15 is 0 Å². The van der Waals surface area contributed by atoms with E-state index in [1.807, 2.05) is 18.5 Å². The van der Waals surface area contributed by atoms with Crippen molar-refractivity contribution in [3.63, 3.8) is 0 Å². The first-order valence-corrected chi connectivity index (χ1v) is 6.53. The van der Waals surface area contributed by atoms with Gasteiger partial charge in [0.1, 0.15) is 0 Å². The van der Waals surface area contributed by atoms with Gasteiger partial charge in [0.25, 0.3) is 0 Å². The van der Waals surface area contributed by atoms with Gasteiger partial charge in [-0.25, -0.2) is 0 Å². The minimum absolute atomic E-state index is 0.393. The van der Waals surface area contributed by atoms with Crippen molar-refractivity contribution in [2.75, 3.05) is 13.6 Å². The van der Waals surface area contributed by atoms with Gasteiger partial charge in [0, 0.05) is 30.5 Å². The Bertz CT molecular complexity index is 339. The van der Waals surface area contributed by atoms with Crippen LogP contribution in [0, 0.1) is 0 Å². The third kappa shape index (κ3) is 3.27. The van der Waals surface area contributed by atoms with Crippen molar-refractivity contribution in [3.8, 4) is 0 Å². The van der Waals surface area contributed by atoms with E-state index < -0.39 is 0 Å². The Morgan fingerprint density at radius 2 is 2.35 bits per heavy atom. The Hall–Kier alpha value is -0.930. The summed E-state index contributed by atoms with van der Waals surface area (Å²) in [5.74, 6) is 0. The molecule has 0 bridgehead atoms. The molecule has 0 aliphatic carbocycles. The average Bonchev–Trinajstić information content (AvgIpc) is 2.35. The smallest absolute Gasteiger partial charge is 0.0315 e. The first kappa shape index (κ1) is 12.5. The molecule has 3 heteroatoms. The monoisotopic (exact) mass is 233 g/mol. The zero-order chi connectivity index (χ0) is 12.3. The van der Waals surface area contributed by atoms with Crippen LogP contribution in [0.4, 0.5) is 0 Å². The maximum absolute atomic E-state index is 4.18. The second-order valence-corrected chi connectivity index (χ2v) is 5.23. The van der Waals surface area contributed by atoms with Crippen molar-refractivity contribution >= 4 is 0 Å².